The van der Waals surface area contributed by atoms with Crippen molar-refractivity contribution in [3.8, 4) is 17.2 Å². The van der Waals surface area contributed by atoms with Crippen molar-refractivity contribution < 1.29 is 29.2 Å². The lowest BCUT2D eigenvalue weighted by atomic mass is 9.66. The van der Waals surface area contributed by atoms with E-state index in [2.05, 4.69) is 0 Å². The van der Waals surface area contributed by atoms with E-state index in [1.807, 2.05) is 0 Å². The van der Waals surface area contributed by atoms with Gasteiger partial charge in [-0.2, -0.15) is 0 Å². The Labute approximate surface area is 197 Å². The average molecular weight is 472 g/mol. The second-order valence-electron chi connectivity index (χ2n) is 8.00. The van der Waals surface area contributed by atoms with Crippen LogP contribution < -0.4 is 9.47 Å². The van der Waals surface area contributed by atoms with Gasteiger partial charge in [0.05, 0.1) is 32.2 Å². The van der Waals surface area contributed by atoms with Crippen molar-refractivity contribution in [2.75, 3.05) is 20.8 Å². The van der Waals surface area contributed by atoms with Gasteiger partial charge in [0, 0.05) is 22.3 Å². The molecule has 0 saturated carbocycles. The van der Waals surface area contributed by atoms with Gasteiger partial charge in [0.1, 0.15) is 17.6 Å². The number of nitrogens with zero attached hydrogens (tertiary/aromatic N) is 1. The molecule has 3 atom stereocenters. The van der Waals surface area contributed by atoms with Gasteiger partial charge in [0.2, 0.25) is 0 Å². The van der Waals surface area contributed by atoms with Gasteiger partial charge in [-0.25, -0.2) is 0 Å². The van der Waals surface area contributed by atoms with Gasteiger partial charge < -0.3 is 29.0 Å². The SMILES string of the molecule is CCOC(=O)C1(C)c2ccn(-c3ccc(Cl)cc3C(O)c3cccc(OC)c3OC)c2C1O. The fourth-order valence-electron chi connectivity index (χ4n) is 4.48. The molecule has 1 aliphatic rings. The molecule has 8 heteroatoms. The zero-order chi connectivity index (χ0) is 23.9. The normalized spacial score (nSPS) is 19.9. The van der Waals surface area contributed by atoms with Crippen molar-refractivity contribution in [3.05, 3.63) is 76.1 Å². The second kappa shape index (κ2) is 8.74. The Morgan fingerprint density at radius 2 is 1.94 bits per heavy atom. The largest absolute Gasteiger partial charge is 0.493 e. The van der Waals surface area contributed by atoms with Gasteiger partial charge >= 0.3 is 5.97 Å². The zero-order valence-corrected chi connectivity index (χ0v) is 19.6. The third-order valence-corrected chi connectivity index (χ3v) is 6.50. The quantitative estimate of drug-likeness (QED) is 0.504. The number of hydrogen-bond acceptors (Lipinski definition) is 6. The maximum absolute atomic E-state index is 12.5. The lowest BCUT2D eigenvalue weighted by Gasteiger charge is -2.42. The van der Waals surface area contributed by atoms with E-state index >= 15 is 0 Å². The Balaban J connectivity index is 1.83. The van der Waals surface area contributed by atoms with Crippen LogP contribution in [0.5, 0.6) is 11.5 Å². The number of fused-ring (bicyclic) bond motifs is 1. The van der Waals surface area contributed by atoms with E-state index in [4.69, 9.17) is 25.8 Å². The fraction of sp³-hybridized carbons (Fsp3) is 0.320. The number of carbonyl (C=O) groups is 1. The summed E-state index contributed by atoms with van der Waals surface area (Å²) < 4.78 is 17.8. The van der Waals surface area contributed by atoms with E-state index in [0.29, 0.717) is 44.6 Å². The van der Waals surface area contributed by atoms with E-state index in [9.17, 15) is 15.0 Å². The Morgan fingerprint density at radius 3 is 2.61 bits per heavy atom. The molecule has 3 unspecified atom stereocenters. The number of methoxy groups -OCH3 is 2. The molecule has 0 fully saturated rings. The first-order valence-electron chi connectivity index (χ1n) is 10.5. The van der Waals surface area contributed by atoms with Crippen LogP contribution in [0.2, 0.25) is 5.02 Å². The molecule has 1 aliphatic carbocycles. The molecule has 7 nitrogen and oxygen atoms in total. The Hall–Kier alpha value is -3.00. The first-order chi connectivity index (χ1) is 15.8. The van der Waals surface area contributed by atoms with Crippen molar-refractivity contribution >= 4 is 17.6 Å². The number of aromatic nitrogens is 1. The molecule has 0 radical (unpaired) electrons. The fourth-order valence-corrected chi connectivity index (χ4v) is 4.66. The summed E-state index contributed by atoms with van der Waals surface area (Å²) in [7, 11) is 3.04. The van der Waals surface area contributed by atoms with Gasteiger partial charge in [0.15, 0.2) is 11.5 Å². The molecule has 0 amide bonds. The number of aliphatic hydroxyl groups is 2. The summed E-state index contributed by atoms with van der Waals surface area (Å²) in [4.78, 5) is 12.5. The summed E-state index contributed by atoms with van der Waals surface area (Å²) in [6.07, 6.45) is -0.398. The molecule has 1 heterocycles. The highest BCUT2D eigenvalue weighted by Crippen LogP contribution is 2.52. The minimum Gasteiger partial charge on any atom is -0.493 e. The number of ether oxygens (including phenoxy) is 3. The summed E-state index contributed by atoms with van der Waals surface area (Å²) in [5.41, 5.74) is 1.73. The van der Waals surface area contributed by atoms with Gasteiger partial charge in [0.25, 0.3) is 0 Å². The van der Waals surface area contributed by atoms with E-state index in [1.54, 1.807) is 67.1 Å². The van der Waals surface area contributed by atoms with E-state index in [-0.39, 0.29) is 6.61 Å². The standard InChI is InChI=1S/C25H26ClNO6/c1-5-33-24(30)25(2)17-11-12-27(20(17)23(25)29)18-10-9-14(26)13-16(18)21(28)15-7-6-8-19(31-3)22(15)32-4/h6-13,21,23,28-29H,5H2,1-4H3. The number of halogens is 1. The summed E-state index contributed by atoms with van der Waals surface area (Å²) in [5.74, 6) is 0.428. The monoisotopic (exact) mass is 471 g/mol. The minimum atomic E-state index is -1.14. The molecular formula is C25H26ClNO6. The predicted molar refractivity (Wildman–Crippen MR) is 123 cm³/mol. The summed E-state index contributed by atoms with van der Waals surface area (Å²) in [5, 5.41) is 22.8. The predicted octanol–water partition coefficient (Wildman–Crippen LogP) is 4.10. The van der Waals surface area contributed by atoms with Gasteiger partial charge in [-0.15, -0.1) is 0 Å². The van der Waals surface area contributed by atoms with Crippen molar-refractivity contribution in [1.29, 1.82) is 0 Å². The van der Waals surface area contributed by atoms with Crippen LogP contribution in [0.1, 0.15) is 48.4 Å². The van der Waals surface area contributed by atoms with Crippen LogP contribution in [-0.2, 0) is 14.9 Å². The molecule has 0 spiro atoms. The van der Waals surface area contributed by atoms with Crippen LogP contribution in [0.4, 0.5) is 0 Å². The van der Waals surface area contributed by atoms with Crippen LogP contribution in [-0.4, -0.2) is 41.6 Å². The molecule has 0 bridgehead atoms. The molecule has 4 rings (SSSR count). The Morgan fingerprint density at radius 1 is 1.18 bits per heavy atom. The number of para-hydroxylation sites is 1. The molecule has 2 N–H and O–H groups in total. The number of hydrogen-bond donors (Lipinski definition) is 2. The maximum atomic E-state index is 12.5. The third kappa shape index (κ3) is 3.47. The lowest BCUT2D eigenvalue weighted by molar-refractivity contribution is -0.157. The molecule has 33 heavy (non-hydrogen) atoms. The van der Waals surface area contributed by atoms with E-state index < -0.39 is 23.6 Å². The number of aliphatic hydroxyl groups excluding tert-OH is 2. The molecule has 3 aromatic rings. The molecular weight excluding hydrogens is 446 g/mol. The highest BCUT2D eigenvalue weighted by Gasteiger charge is 2.56. The summed E-state index contributed by atoms with van der Waals surface area (Å²) in [6, 6.07) is 12.2. The van der Waals surface area contributed by atoms with E-state index in [1.165, 1.54) is 14.2 Å². The number of rotatable bonds is 7. The molecule has 1 aromatic heterocycles. The third-order valence-electron chi connectivity index (χ3n) is 6.26. The summed E-state index contributed by atoms with van der Waals surface area (Å²) in [6.45, 7) is 3.63. The van der Waals surface area contributed by atoms with Crippen molar-refractivity contribution in [2.24, 2.45) is 0 Å². The van der Waals surface area contributed by atoms with Crippen molar-refractivity contribution in [2.45, 2.75) is 31.5 Å². The lowest BCUT2D eigenvalue weighted by Crippen LogP contribution is -2.49. The molecule has 2 aromatic carbocycles. The maximum Gasteiger partial charge on any atom is 0.319 e. The highest BCUT2D eigenvalue weighted by atomic mass is 35.5. The van der Waals surface area contributed by atoms with Gasteiger partial charge in [-0.3, -0.25) is 4.79 Å². The Bertz CT molecular complexity index is 1210. The topological polar surface area (TPSA) is 90.2 Å². The van der Waals surface area contributed by atoms with Gasteiger partial charge in [-0.1, -0.05) is 23.7 Å². The first kappa shape index (κ1) is 23.2. The van der Waals surface area contributed by atoms with Crippen LogP contribution in [0, 0.1) is 0 Å². The molecule has 0 saturated heterocycles. The average Bonchev–Trinajstić information content (AvgIpc) is 3.24. The van der Waals surface area contributed by atoms with Gasteiger partial charge in [-0.05, 0) is 49.7 Å². The van der Waals surface area contributed by atoms with Crippen LogP contribution in [0.15, 0.2) is 48.7 Å². The van der Waals surface area contributed by atoms with Crippen LogP contribution in [0.3, 0.4) is 0 Å². The molecule has 174 valence electrons. The number of benzene rings is 2. The minimum absolute atomic E-state index is 0.229. The van der Waals surface area contributed by atoms with E-state index in [0.717, 1.165) is 0 Å². The van der Waals surface area contributed by atoms with Crippen LogP contribution >= 0.6 is 11.6 Å². The smallest absolute Gasteiger partial charge is 0.319 e. The summed E-state index contributed by atoms with van der Waals surface area (Å²) >= 11 is 6.29. The second-order valence-corrected chi connectivity index (χ2v) is 8.43. The number of esters is 1. The van der Waals surface area contributed by atoms with Crippen molar-refractivity contribution in [1.82, 2.24) is 4.57 Å². The Kier molecular flexibility index (Phi) is 6.14. The zero-order valence-electron chi connectivity index (χ0n) is 18.8. The number of carbonyl (C=O) groups excluding carboxylic acids is 1. The van der Waals surface area contributed by atoms with Crippen LogP contribution in [0.25, 0.3) is 5.69 Å². The highest BCUT2D eigenvalue weighted by molar-refractivity contribution is 6.30. The molecule has 0 aliphatic heterocycles. The van der Waals surface area contributed by atoms with Crippen molar-refractivity contribution in [3.63, 3.8) is 0 Å². The first-order valence-corrected chi connectivity index (χ1v) is 10.9.